The second-order valence-corrected chi connectivity index (χ2v) is 4.18. The molecule has 0 heterocycles. The van der Waals surface area contributed by atoms with E-state index < -0.39 is 0 Å². The first-order valence-electron chi connectivity index (χ1n) is 6.06. The van der Waals surface area contributed by atoms with Gasteiger partial charge in [-0.25, -0.2) is 0 Å². The SMILES string of the molecule is CCCCCC(O)CC(O)CCCC. The summed E-state index contributed by atoms with van der Waals surface area (Å²) in [7, 11) is 0. The van der Waals surface area contributed by atoms with Crippen molar-refractivity contribution in [3.05, 3.63) is 0 Å². The molecule has 0 aromatic carbocycles. The van der Waals surface area contributed by atoms with Crippen LogP contribution in [0.15, 0.2) is 0 Å². The molecule has 14 heavy (non-hydrogen) atoms. The molecule has 0 amide bonds. The van der Waals surface area contributed by atoms with Gasteiger partial charge >= 0.3 is 0 Å². The highest BCUT2D eigenvalue weighted by atomic mass is 16.3. The molecule has 0 saturated heterocycles. The highest BCUT2D eigenvalue weighted by molar-refractivity contribution is 4.63. The van der Waals surface area contributed by atoms with Crippen molar-refractivity contribution in [2.75, 3.05) is 0 Å². The summed E-state index contributed by atoms with van der Waals surface area (Å²) >= 11 is 0. The second kappa shape index (κ2) is 9.47. The Morgan fingerprint density at radius 3 is 1.79 bits per heavy atom. The van der Waals surface area contributed by atoms with Gasteiger partial charge in [0.1, 0.15) is 0 Å². The maximum Gasteiger partial charge on any atom is 0.0564 e. The Kier molecular flexibility index (Phi) is 9.42. The molecule has 2 nitrogen and oxygen atoms in total. The lowest BCUT2D eigenvalue weighted by molar-refractivity contribution is 0.0684. The van der Waals surface area contributed by atoms with Gasteiger partial charge in [0.2, 0.25) is 0 Å². The van der Waals surface area contributed by atoms with E-state index >= 15 is 0 Å². The largest absolute Gasteiger partial charge is 0.393 e. The summed E-state index contributed by atoms with van der Waals surface area (Å²) in [6, 6.07) is 0. The van der Waals surface area contributed by atoms with Crippen LogP contribution in [0.4, 0.5) is 0 Å². The summed E-state index contributed by atoms with van der Waals surface area (Å²) in [4.78, 5) is 0. The summed E-state index contributed by atoms with van der Waals surface area (Å²) in [5.41, 5.74) is 0. The van der Waals surface area contributed by atoms with Crippen molar-refractivity contribution >= 4 is 0 Å². The van der Waals surface area contributed by atoms with Crippen LogP contribution in [0.5, 0.6) is 0 Å². The van der Waals surface area contributed by atoms with E-state index in [1.807, 2.05) is 0 Å². The van der Waals surface area contributed by atoms with E-state index in [0.717, 1.165) is 32.1 Å². The highest BCUT2D eigenvalue weighted by Crippen LogP contribution is 2.12. The first-order valence-corrected chi connectivity index (χ1v) is 6.06. The van der Waals surface area contributed by atoms with Crippen molar-refractivity contribution in [2.45, 2.75) is 77.4 Å². The van der Waals surface area contributed by atoms with Gasteiger partial charge in [-0.3, -0.25) is 0 Å². The average molecular weight is 202 g/mol. The molecule has 2 unspecified atom stereocenters. The molecule has 0 aliphatic carbocycles. The molecule has 0 rings (SSSR count). The van der Waals surface area contributed by atoms with Crippen LogP contribution in [-0.4, -0.2) is 22.4 Å². The minimum Gasteiger partial charge on any atom is -0.393 e. The van der Waals surface area contributed by atoms with Crippen LogP contribution in [0.1, 0.15) is 65.2 Å². The van der Waals surface area contributed by atoms with Gasteiger partial charge in [-0.05, 0) is 19.3 Å². The highest BCUT2D eigenvalue weighted by Gasteiger charge is 2.10. The average Bonchev–Trinajstić information content (AvgIpc) is 2.15. The third-order valence-corrected chi connectivity index (χ3v) is 2.58. The Bertz CT molecular complexity index is 115. The Balaban J connectivity index is 3.35. The molecule has 0 spiro atoms. The number of hydrogen-bond donors (Lipinski definition) is 2. The molecule has 0 radical (unpaired) electrons. The molecule has 0 aromatic heterocycles. The minimum atomic E-state index is -0.299. The first kappa shape index (κ1) is 13.9. The number of rotatable bonds is 9. The molecule has 86 valence electrons. The van der Waals surface area contributed by atoms with E-state index in [0.29, 0.717) is 6.42 Å². The number of aliphatic hydroxyl groups is 2. The van der Waals surface area contributed by atoms with Gasteiger partial charge in [0, 0.05) is 0 Å². The van der Waals surface area contributed by atoms with Gasteiger partial charge in [0.25, 0.3) is 0 Å². The molecule has 0 fully saturated rings. The third-order valence-electron chi connectivity index (χ3n) is 2.58. The van der Waals surface area contributed by atoms with Crippen LogP contribution in [0.3, 0.4) is 0 Å². The molecule has 2 heteroatoms. The normalized spacial score (nSPS) is 15.4. The van der Waals surface area contributed by atoms with Crippen molar-refractivity contribution in [3.63, 3.8) is 0 Å². The van der Waals surface area contributed by atoms with E-state index in [2.05, 4.69) is 13.8 Å². The monoisotopic (exact) mass is 202 g/mol. The van der Waals surface area contributed by atoms with Gasteiger partial charge in [-0.15, -0.1) is 0 Å². The zero-order valence-corrected chi connectivity index (χ0v) is 9.71. The Hall–Kier alpha value is -0.0800. The van der Waals surface area contributed by atoms with Gasteiger partial charge < -0.3 is 10.2 Å². The van der Waals surface area contributed by atoms with Crippen LogP contribution in [0, 0.1) is 0 Å². The van der Waals surface area contributed by atoms with Crippen molar-refractivity contribution in [1.29, 1.82) is 0 Å². The fourth-order valence-corrected chi connectivity index (χ4v) is 1.62. The van der Waals surface area contributed by atoms with Crippen molar-refractivity contribution < 1.29 is 10.2 Å². The fraction of sp³-hybridized carbons (Fsp3) is 1.00. The van der Waals surface area contributed by atoms with Crippen LogP contribution in [-0.2, 0) is 0 Å². The predicted molar refractivity (Wildman–Crippen MR) is 60.3 cm³/mol. The third kappa shape index (κ3) is 8.52. The molecule has 0 bridgehead atoms. The summed E-state index contributed by atoms with van der Waals surface area (Å²) in [5.74, 6) is 0. The molecular weight excluding hydrogens is 176 g/mol. The second-order valence-electron chi connectivity index (χ2n) is 4.18. The van der Waals surface area contributed by atoms with Gasteiger partial charge in [0.15, 0.2) is 0 Å². The minimum absolute atomic E-state index is 0.298. The zero-order chi connectivity index (χ0) is 10.8. The van der Waals surface area contributed by atoms with E-state index in [-0.39, 0.29) is 12.2 Å². The van der Waals surface area contributed by atoms with Gasteiger partial charge in [-0.2, -0.15) is 0 Å². The fourth-order valence-electron chi connectivity index (χ4n) is 1.62. The molecule has 0 saturated carbocycles. The van der Waals surface area contributed by atoms with Crippen LogP contribution < -0.4 is 0 Å². The molecule has 0 aliphatic rings. The Morgan fingerprint density at radius 2 is 1.29 bits per heavy atom. The maximum absolute atomic E-state index is 9.59. The van der Waals surface area contributed by atoms with Gasteiger partial charge in [-0.1, -0.05) is 46.0 Å². The molecule has 2 N–H and O–H groups in total. The van der Waals surface area contributed by atoms with Crippen molar-refractivity contribution in [1.82, 2.24) is 0 Å². The van der Waals surface area contributed by atoms with E-state index in [1.165, 1.54) is 12.8 Å². The van der Waals surface area contributed by atoms with Crippen LogP contribution >= 0.6 is 0 Å². The zero-order valence-electron chi connectivity index (χ0n) is 9.71. The Labute approximate surface area is 88.3 Å². The van der Waals surface area contributed by atoms with E-state index in [9.17, 15) is 10.2 Å². The predicted octanol–water partition coefficient (Wildman–Crippen LogP) is 2.87. The summed E-state index contributed by atoms with van der Waals surface area (Å²) < 4.78 is 0. The Morgan fingerprint density at radius 1 is 0.786 bits per heavy atom. The topological polar surface area (TPSA) is 40.5 Å². The van der Waals surface area contributed by atoms with Crippen molar-refractivity contribution in [3.8, 4) is 0 Å². The lowest BCUT2D eigenvalue weighted by Crippen LogP contribution is -2.17. The smallest absolute Gasteiger partial charge is 0.0564 e. The molecule has 2 atom stereocenters. The van der Waals surface area contributed by atoms with Gasteiger partial charge in [0.05, 0.1) is 12.2 Å². The summed E-state index contributed by atoms with van der Waals surface area (Å²) in [5, 5.41) is 19.1. The quantitative estimate of drug-likeness (QED) is 0.564. The number of unbranched alkanes of at least 4 members (excludes halogenated alkanes) is 3. The standard InChI is InChI=1S/C12H26O2/c1-3-5-7-9-12(14)10-11(13)8-6-4-2/h11-14H,3-10H2,1-2H3. The van der Waals surface area contributed by atoms with Crippen LogP contribution in [0.2, 0.25) is 0 Å². The van der Waals surface area contributed by atoms with E-state index in [4.69, 9.17) is 0 Å². The van der Waals surface area contributed by atoms with E-state index in [1.54, 1.807) is 0 Å². The maximum atomic E-state index is 9.59. The molecular formula is C12H26O2. The summed E-state index contributed by atoms with van der Waals surface area (Å²) in [6.07, 6.45) is 7.26. The molecule has 0 aromatic rings. The number of aliphatic hydroxyl groups excluding tert-OH is 2. The summed E-state index contributed by atoms with van der Waals surface area (Å²) in [6.45, 7) is 4.27. The number of hydrogen-bond acceptors (Lipinski definition) is 2. The van der Waals surface area contributed by atoms with Crippen molar-refractivity contribution in [2.24, 2.45) is 0 Å². The lowest BCUT2D eigenvalue weighted by Gasteiger charge is -2.15. The molecule has 0 aliphatic heterocycles. The lowest BCUT2D eigenvalue weighted by atomic mass is 10.0. The van der Waals surface area contributed by atoms with Crippen LogP contribution in [0.25, 0.3) is 0 Å². The first-order chi connectivity index (χ1) is 6.70.